The van der Waals surface area contributed by atoms with E-state index < -0.39 is 10.2 Å². The highest BCUT2D eigenvalue weighted by Crippen LogP contribution is 2.25. The van der Waals surface area contributed by atoms with Gasteiger partial charge in [0, 0.05) is 51.7 Å². The molecule has 0 spiro atoms. The summed E-state index contributed by atoms with van der Waals surface area (Å²) in [5, 5.41) is 0. The average molecular weight is 397 g/mol. The van der Waals surface area contributed by atoms with Crippen LogP contribution in [0.25, 0.3) is 0 Å². The number of nitrogens with two attached hydrogens (primary N) is 1. The van der Waals surface area contributed by atoms with E-state index in [4.69, 9.17) is 5.73 Å². The summed E-state index contributed by atoms with van der Waals surface area (Å²) in [5.41, 5.74) is 5.69. The zero-order valence-corrected chi connectivity index (χ0v) is 17.0. The van der Waals surface area contributed by atoms with Gasteiger partial charge in [0.2, 0.25) is 5.91 Å². The predicted molar refractivity (Wildman–Crippen MR) is 102 cm³/mol. The van der Waals surface area contributed by atoms with Gasteiger partial charge in [0.1, 0.15) is 0 Å². The molecule has 0 radical (unpaired) electrons. The lowest BCUT2D eigenvalue weighted by Crippen LogP contribution is -2.55. The van der Waals surface area contributed by atoms with Gasteiger partial charge in [0.05, 0.1) is 0 Å². The van der Waals surface area contributed by atoms with Crippen LogP contribution in [0.15, 0.2) is 0 Å². The van der Waals surface area contributed by atoms with Crippen LogP contribution in [-0.4, -0.2) is 73.1 Å². The van der Waals surface area contributed by atoms with Crippen molar-refractivity contribution in [3.05, 3.63) is 0 Å². The van der Waals surface area contributed by atoms with Gasteiger partial charge in [-0.2, -0.15) is 17.0 Å². The Kier molecular flexibility index (Phi) is 9.11. The molecule has 1 saturated heterocycles. The predicted octanol–water partition coefficient (Wildman–Crippen LogP) is 1.19. The highest BCUT2D eigenvalue weighted by molar-refractivity contribution is 7.86. The SMILES string of the molecule is CC(N)CCC(=O)N1CCN(S(=O)(=O)N(C)C2CCCCC2)CC1.Cl. The molecule has 1 heterocycles. The topological polar surface area (TPSA) is 87.0 Å². The summed E-state index contributed by atoms with van der Waals surface area (Å²) in [5.74, 6) is 0.0741. The number of piperazine rings is 1. The smallest absolute Gasteiger partial charge is 0.282 e. The molecule has 1 aliphatic heterocycles. The first-order valence-electron chi connectivity index (χ1n) is 9.09. The maximum atomic E-state index is 12.8. The lowest BCUT2D eigenvalue weighted by Gasteiger charge is -2.38. The molecule has 0 bridgehead atoms. The third kappa shape index (κ3) is 6.06. The molecule has 0 aromatic heterocycles. The van der Waals surface area contributed by atoms with Gasteiger partial charge in [0.15, 0.2) is 0 Å². The molecule has 148 valence electrons. The van der Waals surface area contributed by atoms with E-state index in [1.807, 2.05) is 6.92 Å². The number of hydrogen-bond donors (Lipinski definition) is 1. The first-order chi connectivity index (χ1) is 11.3. The van der Waals surface area contributed by atoms with Crippen LogP contribution in [0.5, 0.6) is 0 Å². The fourth-order valence-electron chi connectivity index (χ4n) is 3.49. The number of hydrogen-bond acceptors (Lipinski definition) is 4. The van der Waals surface area contributed by atoms with Crippen molar-refractivity contribution in [2.75, 3.05) is 33.2 Å². The summed E-state index contributed by atoms with van der Waals surface area (Å²) >= 11 is 0. The van der Waals surface area contributed by atoms with Crippen molar-refractivity contribution in [3.63, 3.8) is 0 Å². The second-order valence-electron chi connectivity index (χ2n) is 7.11. The Morgan fingerprint density at radius 2 is 1.72 bits per heavy atom. The third-order valence-electron chi connectivity index (χ3n) is 5.18. The largest absolute Gasteiger partial charge is 0.340 e. The maximum Gasteiger partial charge on any atom is 0.282 e. The van der Waals surface area contributed by atoms with E-state index in [2.05, 4.69) is 0 Å². The molecule has 2 fully saturated rings. The van der Waals surface area contributed by atoms with Gasteiger partial charge >= 0.3 is 0 Å². The van der Waals surface area contributed by atoms with Crippen molar-refractivity contribution in [3.8, 4) is 0 Å². The first-order valence-corrected chi connectivity index (χ1v) is 10.5. The lowest BCUT2D eigenvalue weighted by atomic mass is 9.96. The van der Waals surface area contributed by atoms with Crippen LogP contribution < -0.4 is 5.73 Å². The van der Waals surface area contributed by atoms with Crippen molar-refractivity contribution < 1.29 is 13.2 Å². The molecule has 7 nitrogen and oxygen atoms in total. The quantitative estimate of drug-likeness (QED) is 0.730. The highest BCUT2D eigenvalue weighted by Gasteiger charge is 2.35. The normalized spacial score (nSPS) is 21.8. The summed E-state index contributed by atoms with van der Waals surface area (Å²) in [6, 6.07) is 0.134. The Hall–Kier alpha value is -0.410. The van der Waals surface area contributed by atoms with Gasteiger partial charge in [-0.05, 0) is 26.2 Å². The number of amides is 1. The van der Waals surface area contributed by atoms with E-state index in [1.54, 1.807) is 16.3 Å². The van der Waals surface area contributed by atoms with E-state index in [9.17, 15) is 13.2 Å². The summed E-state index contributed by atoms with van der Waals surface area (Å²) < 4.78 is 28.7. The van der Waals surface area contributed by atoms with E-state index >= 15 is 0 Å². The minimum absolute atomic E-state index is 0. The standard InChI is InChI=1S/C16H32N4O3S.ClH/c1-14(17)8-9-16(21)19-10-12-20(13-11-19)24(22,23)18(2)15-6-4-3-5-7-15;/h14-15H,3-13,17H2,1-2H3;1H. The molecule has 25 heavy (non-hydrogen) atoms. The lowest BCUT2D eigenvalue weighted by molar-refractivity contribution is -0.132. The highest BCUT2D eigenvalue weighted by atomic mass is 35.5. The zero-order chi connectivity index (χ0) is 17.7. The fraction of sp³-hybridized carbons (Fsp3) is 0.938. The van der Waals surface area contributed by atoms with Crippen LogP contribution in [-0.2, 0) is 15.0 Å². The van der Waals surface area contributed by atoms with Gasteiger partial charge in [-0.1, -0.05) is 19.3 Å². The summed E-state index contributed by atoms with van der Waals surface area (Å²) in [7, 11) is -1.73. The zero-order valence-electron chi connectivity index (χ0n) is 15.4. The fourth-order valence-corrected chi connectivity index (χ4v) is 5.07. The van der Waals surface area contributed by atoms with E-state index in [0.29, 0.717) is 39.0 Å². The molecule has 1 aliphatic carbocycles. The molecule has 1 amide bonds. The first kappa shape index (κ1) is 22.6. The number of carbonyl (C=O) groups excluding carboxylic acids is 1. The number of halogens is 1. The minimum Gasteiger partial charge on any atom is -0.340 e. The molecule has 1 unspecified atom stereocenters. The van der Waals surface area contributed by atoms with Crippen molar-refractivity contribution in [2.24, 2.45) is 5.73 Å². The molecule has 2 rings (SSSR count). The molecular formula is C16H33ClN4O3S. The Bertz CT molecular complexity index is 515. The monoisotopic (exact) mass is 396 g/mol. The molecule has 0 aromatic rings. The van der Waals surface area contributed by atoms with Crippen LogP contribution in [0.4, 0.5) is 0 Å². The Balaban J connectivity index is 0.00000312. The Morgan fingerprint density at radius 1 is 1.16 bits per heavy atom. The van der Waals surface area contributed by atoms with Gasteiger partial charge in [0.25, 0.3) is 10.2 Å². The number of nitrogens with zero attached hydrogens (tertiary/aromatic N) is 3. The number of carbonyl (C=O) groups is 1. The maximum absolute atomic E-state index is 12.8. The summed E-state index contributed by atoms with van der Waals surface area (Å²) in [6.45, 7) is 3.58. The van der Waals surface area contributed by atoms with Gasteiger partial charge < -0.3 is 10.6 Å². The van der Waals surface area contributed by atoms with Crippen LogP contribution in [0.2, 0.25) is 0 Å². The van der Waals surface area contributed by atoms with E-state index in [-0.39, 0.29) is 30.4 Å². The summed E-state index contributed by atoms with van der Waals surface area (Å²) in [4.78, 5) is 13.9. The second-order valence-corrected chi connectivity index (χ2v) is 9.10. The van der Waals surface area contributed by atoms with Crippen LogP contribution in [0, 0.1) is 0 Å². The van der Waals surface area contributed by atoms with Crippen molar-refractivity contribution in [1.29, 1.82) is 0 Å². The van der Waals surface area contributed by atoms with Crippen LogP contribution in [0.3, 0.4) is 0 Å². The van der Waals surface area contributed by atoms with Crippen molar-refractivity contribution >= 4 is 28.5 Å². The van der Waals surface area contributed by atoms with Crippen molar-refractivity contribution in [1.82, 2.24) is 13.5 Å². The molecule has 1 atom stereocenters. The van der Waals surface area contributed by atoms with Gasteiger partial charge in [-0.25, -0.2) is 0 Å². The third-order valence-corrected chi connectivity index (χ3v) is 7.23. The van der Waals surface area contributed by atoms with E-state index in [0.717, 1.165) is 25.7 Å². The Morgan fingerprint density at radius 3 is 2.24 bits per heavy atom. The minimum atomic E-state index is -3.43. The van der Waals surface area contributed by atoms with Crippen LogP contribution >= 0.6 is 12.4 Å². The molecule has 9 heteroatoms. The molecule has 0 aromatic carbocycles. The van der Waals surface area contributed by atoms with Crippen LogP contribution in [0.1, 0.15) is 51.9 Å². The average Bonchev–Trinajstić information content (AvgIpc) is 2.59. The molecule has 2 aliphatic rings. The second kappa shape index (κ2) is 10.1. The van der Waals surface area contributed by atoms with Gasteiger partial charge in [-0.15, -0.1) is 12.4 Å². The Labute approximate surface area is 158 Å². The summed E-state index contributed by atoms with van der Waals surface area (Å²) in [6.07, 6.45) is 6.41. The molecule has 2 N–H and O–H groups in total. The van der Waals surface area contributed by atoms with Crippen molar-refractivity contribution in [2.45, 2.75) is 64.0 Å². The van der Waals surface area contributed by atoms with E-state index in [1.165, 1.54) is 10.7 Å². The molecule has 1 saturated carbocycles. The number of rotatable bonds is 6. The van der Waals surface area contributed by atoms with Gasteiger partial charge in [-0.3, -0.25) is 4.79 Å². The molecular weight excluding hydrogens is 364 g/mol.